The number of carbonyl (C=O) groups is 1. The Balaban J connectivity index is 2.20. The Labute approximate surface area is 120 Å². The van der Waals surface area contributed by atoms with E-state index in [1.807, 2.05) is 31.3 Å². The van der Waals surface area contributed by atoms with Crippen molar-refractivity contribution in [3.63, 3.8) is 0 Å². The zero-order valence-corrected chi connectivity index (χ0v) is 12.1. The normalized spacial score (nSPS) is 10.2. The predicted molar refractivity (Wildman–Crippen MR) is 79.7 cm³/mol. The molecule has 0 unspecified atom stereocenters. The van der Waals surface area contributed by atoms with Crippen LogP contribution in [0.2, 0.25) is 0 Å². The van der Waals surface area contributed by atoms with Gasteiger partial charge in [0.1, 0.15) is 0 Å². The lowest BCUT2D eigenvalue weighted by atomic mass is 10.1. The summed E-state index contributed by atoms with van der Waals surface area (Å²) in [6, 6.07) is 15.2. The van der Waals surface area contributed by atoms with Crippen LogP contribution in [0.1, 0.15) is 15.9 Å². The van der Waals surface area contributed by atoms with Crippen LogP contribution in [-0.4, -0.2) is 18.1 Å². The van der Waals surface area contributed by atoms with Crippen molar-refractivity contribution in [2.75, 3.05) is 11.9 Å². The average molecular weight is 320 g/mol. The van der Waals surface area contributed by atoms with Gasteiger partial charge in [-0.25, -0.2) is 4.79 Å². The summed E-state index contributed by atoms with van der Waals surface area (Å²) in [4.78, 5) is 13.0. The molecule has 0 fully saturated rings. The molecular weight excluding hydrogens is 306 g/mol. The molecule has 0 atom stereocenters. The lowest BCUT2D eigenvalue weighted by molar-refractivity contribution is 0.0697. The van der Waals surface area contributed by atoms with Gasteiger partial charge in [0, 0.05) is 18.1 Å². The topological polar surface area (TPSA) is 40.5 Å². The maximum atomic E-state index is 10.9. The van der Waals surface area contributed by atoms with E-state index in [1.54, 1.807) is 12.1 Å². The molecule has 2 rings (SSSR count). The summed E-state index contributed by atoms with van der Waals surface area (Å²) in [6.45, 7) is 0.770. The van der Waals surface area contributed by atoms with Crippen molar-refractivity contribution in [1.82, 2.24) is 0 Å². The van der Waals surface area contributed by atoms with Gasteiger partial charge in [-0.05, 0) is 39.7 Å². The summed E-state index contributed by atoms with van der Waals surface area (Å²) in [5.41, 5.74) is 2.46. The highest BCUT2D eigenvalue weighted by atomic mass is 79.9. The van der Waals surface area contributed by atoms with Crippen molar-refractivity contribution in [2.45, 2.75) is 6.54 Å². The van der Waals surface area contributed by atoms with Crippen LogP contribution in [0, 0.1) is 0 Å². The third-order valence-corrected chi connectivity index (χ3v) is 3.50. The van der Waals surface area contributed by atoms with Crippen molar-refractivity contribution in [1.29, 1.82) is 0 Å². The van der Waals surface area contributed by atoms with Gasteiger partial charge in [0.2, 0.25) is 0 Å². The van der Waals surface area contributed by atoms with Crippen LogP contribution in [-0.2, 0) is 6.54 Å². The Hall–Kier alpha value is -1.81. The fraction of sp³-hybridized carbons (Fsp3) is 0.133. The summed E-state index contributed by atoms with van der Waals surface area (Å²) in [7, 11) is 1.98. The molecule has 2 aromatic rings. The molecule has 0 amide bonds. The Morgan fingerprint density at radius 2 is 1.89 bits per heavy atom. The zero-order chi connectivity index (χ0) is 13.8. The predicted octanol–water partition coefficient (Wildman–Crippen LogP) is 3.78. The first-order valence-electron chi connectivity index (χ1n) is 5.86. The molecule has 0 saturated carbocycles. The molecule has 4 heteroatoms. The summed E-state index contributed by atoms with van der Waals surface area (Å²) in [5, 5.41) is 8.94. The molecule has 0 spiro atoms. The minimum absolute atomic E-state index is 0.281. The van der Waals surface area contributed by atoms with Gasteiger partial charge in [0.25, 0.3) is 0 Å². The van der Waals surface area contributed by atoms with E-state index in [0.29, 0.717) is 0 Å². The molecule has 98 valence electrons. The third kappa shape index (κ3) is 3.35. The zero-order valence-electron chi connectivity index (χ0n) is 10.5. The molecular formula is C15H14BrNO2. The quantitative estimate of drug-likeness (QED) is 0.932. The SMILES string of the molecule is CN(Cc1ccccc1)c1ccc(C(=O)O)cc1Br. The lowest BCUT2D eigenvalue weighted by Crippen LogP contribution is -2.17. The first kappa shape index (κ1) is 13.6. The number of carboxylic acids is 1. The molecule has 19 heavy (non-hydrogen) atoms. The number of rotatable bonds is 4. The Kier molecular flexibility index (Phi) is 4.22. The molecule has 0 aliphatic carbocycles. The average Bonchev–Trinajstić information content (AvgIpc) is 2.39. The highest BCUT2D eigenvalue weighted by Gasteiger charge is 2.10. The van der Waals surface area contributed by atoms with Gasteiger partial charge in [-0.15, -0.1) is 0 Å². The van der Waals surface area contributed by atoms with Crippen LogP contribution in [0.3, 0.4) is 0 Å². The van der Waals surface area contributed by atoms with Crippen LogP contribution in [0.4, 0.5) is 5.69 Å². The van der Waals surface area contributed by atoms with Crippen LogP contribution in [0.15, 0.2) is 53.0 Å². The van der Waals surface area contributed by atoms with Crippen molar-refractivity contribution >= 4 is 27.6 Å². The van der Waals surface area contributed by atoms with E-state index in [0.717, 1.165) is 16.7 Å². The number of nitrogens with zero attached hydrogens (tertiary/aromatic N) is 1. The smallest absolute Gasteiger partial charge is 0.335 e. The van der Waals surface area contributed by atoms with Gasteiger partial charge in [0.05, 0.1) is 11.3 Å². The second-order valence-corrected chi connectivity index (χ2v) is 5.17. The molecule has 3 nitrogen and oxygen atoms in total. The molecule has 0 heterocycles. The summed E-state index contributed by atoms with van der Waals surface area (Å²) in [5.74, 6) is -0.919. The van der Waals surface area contributed by atoms with E-state index >= 15 is 0 Å². The Bertz CT molecular complexity index is 584. The van der Waals surface area contributed by atoms with Crippen molar-refractivity contribution < 1.29 is 9.90 Å². The van der Waals surface area contributed by atoms with Crippen molar-refractivity contribution in [3.05, 3.63) is 64.1 Å². The minimum Gasteiger partial charge on any atom is -0.478 e. The molecule has 0 aliphatic rings. The molecule has 0 saturated heterocycles. The Morgan fingerprint density at radius 3 is 2.47 bits per heavy atom. The maximum Gasteiger partial charge on any atom is 0.335 e. The standard InChI is InChI=1S/C15H14BrNO2/c1-17(10-11-5-3-2-4-6-11)14-8-7-12(15(18)19)9-13(14)16/h2-9H,10H2,1H3,(H,18,19). The number of hydrogen-bond acceptors (Lipinski definition) is 2. The van der Waals surface area contributed by atoms with Gasteiger partial charge < -0.3 is 10.0 Å². The highest BCUT2D eigenvalue weighted by Crippen LogP contribution is 2.27. The number of halogens is 1. The lowest BCUT2D eigenvalue weighted by Gasteiger charge is -2.21. The first-order chi connectivity index (χ1) is 9.08. The van der Waals surface area contributed by atoms with Crippen LogP contribution < -0.4 is 4.90 Å². The highest BCUT2D eigenvalue weighted by molar-refractivity contribution is 9.10. The number of hydrogen-bond donors (Lipinski definition) is 1. The van der Waals surface area contributed by atoms with E-state index in [-0.39, 0.29) is 5.56 Å². The fourth-order valence-corrected chi connectivity index (χ4v) is 2.57. The second kappa shape index (κ2) is 5.89. The molecule has 1 N–H and O–H groups in total. The summed E-state index contributed by atoms with van der Waals surface area (Å²) in [6.07, 6.45) is 0. The third-order valence-electron chi connectivity index (χ3n) is 2.87. The van der Waals surface area contributed by atoms with E-state index in [1.165, 1.54) is 5.56 Å². The molecule has 2 aromatic carbocycles. The van der Waals surface area contributed by atoms with Gasteiger partial charge in [-0.2, -0.15) is 0 Å². The van der Waals surface area contributed by atoms with Gasteiger partial charge >= 0.3 is 5.97 Å². The van der Waals surface area contributed by atoms with Crippen LogP contribution in [0.5, 0.6) is 0 Å². The van der Waals surface area contributed by atoms with E-state index in [2.05, 4.69) is 33.0 Å². The summed E-state index contributed by atoms with van der Waals surface area (Å²) < 4.78 is 0.783. The van der Waals surface area contributed by atoms with Crippen LogP contribution in [0.25, 0.3) is 0 Å². The van der Waals surface area contributed by atoms with Gasteiger partial charge in [0.15, 0.2) is 0 Å². The Morgan fingerprint density at radius 1 is 1.21 bits per heavy atom. The minimum atomic E-state index is -0.919. The van der Waals surface area contributed by atoms with Crippen LogP contribution >= 0.6 is 15.9 Å². The monoisotopic (exact) mass is 319 g/mol. The molecule has 0 aliphatic heterocycles. The summed E-state index contributed by atoms with van der Waals surface area (Å²) >= 11 is 3.42. The van der Waals surface area contributed by atoms with Gasteiger partial charge in [-0.1, -0.05) is 30.3 Å². The largest absolute Gasteiger partial charge is 0.478 e. The number of aromatic carboxylic acids is 1. The van der Waals surface area contributed by atoms with E-state index in [4.69, 9.17) is 5.11 Å². The maximum absolute atomic E-state index is 10.9. The first-order valence-corrected chi connectivity index (χ1v) is 6.65. The van der Waals surface area contributed by atoms with E-state index in [9.17, 15) is 4.79 Å². The van der Waals surface area contributed by atoms with Gasteiger partial charge in [-0.3, -0.25) is 0 Å². The molecule has 0 aromatic heterocycles. The number of anilines is 1. The molecule has 0 bridgehead atoms. The second-order valence-electron chi connectivity index (χ2n) is 4.31. The van der Waals surface area contributed by atoms with Crippen molar-refractivity contribution in [2.24, 2.45) is 0 Å². The molecule has 0 radical (unpaired) electrons. The number of carboxylic acid groups (broad SMARTS) is 1. The fourth-order valence-electron chi connectivity index (χ4n) is 1.89. The van der Waals surface area contributed by atoms with E-state index < -0.39 is 5.97 Å². The number of benzene rings is 2. The van der Waals surface area contributed by atoms with Crippen molar-refractivity contribution in [3.8, 4) is 0 Å².